The van der Waals surface area contributed by atoms with E-state index < -0.39 is 0 Å². The Kier molecular flexibility index (Phi) is 3.91. The lowest BCUT2D eigenvalue weighted by Gasteiger charge is -2.27. The van der Waals surface area contributed by atoms with Gasteiger partial charge in [0.05, 0.1) is 0 Å². The van der Waals surface area contributed by atoms with Crippen LogP contribution in [-0.4, -0.2) is 19.3 Å². The van der Waals surface area contributed by atoms with E-state index in [1.54, 1.807) is 0 Å². The fourth-order valence-corrected chi connectivity index (χ4v) is 2.07. The van der Waals surface area contributed by atoms with Crippen LogP contribution in [0.15, 0.2) is 24.3 Å². The maximum Gasteiger partial charge on any atom is 0.123 e. The minimum atomic E-state index is -0.179. The summed E-state index contributed by atoms with van der Waals surface area (Å²) < 4.78 is 18.1. The van der Waals surface area contributed by atoms with Gasteiger partial charge in [0.15, 0.2) is 0 Å². The number of halogens is 1. The van der Waals surface area contributed by atoms with Crippen LogP contribution in [0, 0.1) is 5.82 Å². The monoisotopic (exact) mass is 223 g/mol. The second kappa shape index (κ2) is 5.41. The summed E-state index contributed by atoms with van der Waals surface area (Å²) >= 11 is 0. The minimum absolute atomic E-state index is 0.179. The second-order valence-corrected chi connectivity index (χ2v) is 4.33. The van der Waals surface area contributed by atoms with E-state index in [4.69, 9.17) is 4.74 Å². The third-order valence-electron chi connectivity index (χ3n) is 3.08. The third-order valence-corrected chi connectivity index (χ3v) is 3.08. The summed E-state index contributed by atoms with van der Waals surface area (Å²) in [5, 5.41) is 3.55. The molecule has 0 aromatic heterocycles. The average Bonchev–Trinajstić information content (AvgIpc) is 2.31. The summed E-state index contributed by atoms with van der Waals surface area (Å²) in [5.41, 5.74) is 1.13. The Hall–Kier alpha value is -0.930. The fourth-order valence-electron chi connectivity index (χ4n) is 2.07. The molecule has 0 bridgehead atoms. The summed E-state index contributed by atoms with van der Waals surface area (Å²) in [6, 6.07) is 7.49. The molecule has 1 aromatic rings. The molecule has 1 aromatic carbocycles. The molecule has 2 nitrogen and oxygen atoms in total. The van der Waals surface area contributed by atoms with Crippen molar-refractivity contribution in [1.29, 1.82) is 0 Å². The van der Waals surface area contributed by atoms with Crippen LogP contribution in [0.5, 0.6) is 0 Å². The van der Waals surface area contributed by atoms with Gasteiger partial charge in [-0.2, -0.15) is 0 Å². The van der Waals surface area contributed by atoms with Gasteiger partial charge in [-0.05, 0) is 37.5 Å². The highest BCUT2D eigenvalue weighted by Crippen LogP contribution is 2.16. The largest absolute Gasteiger partial charge is 0.381 e. The van der Waals surface area contributed by atoms with E-state index in [9.17, 15) is 4.39 Å². The molecule has 0 spiro atoms. The van der Waals surface area contributed by atoms with Gasteiger partial charge >= 0.3 is 0 Å². The van der Waals surface area contributed by atoms with Gasteiger partial charge < -0.3 is 10.1 Å². The zero-order valence-corrected chi connectivity index (χ0v) is 9.58. The van der Waals surface area contributed by atoms with Crippen molar-refractivity contribution in [3.63, 3.8) is 0 Å². The van der Waals surface area contributed by atoms with Crippen molar-refractivity contribution < 1.29 is 9.13 Å². The minimum Gasteiger partial charge on any atom is -0.381 e. The zero-order valence-electron chi connectivity index (χ0n) is 9.58. The zero-order chi connectivity index (χ0) is 11.4. The van der Waals surface area contributed by atoms with Crippen molar-refractivity contribution in [3.8, 4) is 0 Å². The van der Waals surface area contributed by atoms with Gasteiger partial charge in [-0.3, -0.25) is 0 Å². The molecule has 1 fully saturated rings. The van der Waals surface area contributed by atoms with Crippen molar-refractivity contribution in [2.75, 3.05) is 13.2 Å². The van der Waals surface area contributed by atoms with Crippen molar-refractivity contribution in [3.05, 3.63) is 35.6 Å². The smallest absolute Gasteiger partial charge is 0.123 e. The number of rotatable bonds is 3. The van der Waals surface area contributed by atoms with Crippen LogP contribution in [0.25, 0.3) is 0 Å². The SMILES string of the molecule is C[C@@H](NC1CCOCC1)c1ccc(F)cc1. The predicted octanol–water partition coefficient (Wildman–Crippen LogP) is 2.66. The molecule has 1 aliphatic heterocycles. The summed E-state index contributed by atoms with van der Waals surface area (Å²) in [6.45, 7) is 3.80. The fraction of sp³-hybridized carbons (Fsp3) is 0.538. The lowest BCUT2D eigenvalue weighted by atomic mass is 10.0. The third kappa shape index (κ3) is 3.03. The number of nitrogens with one attached hydrogen (secondary N) is 1. The Bertz CT molecular complexity index is 319. The molecule has 1 aliphatic rings. The van der Waals surface area contributed by atoms with E-state index in [0.717, 1.165) is 31.6 Å². The van der Waals surface area contributed by atoms with Gasteiger partial charge in [-0.25, -0.2) is 4.39 Å². The van der Waals surface area contributed by atoms with Crippen molar-refractivity contribution >= 4 is 0 Å². The number of benzene rings is 1. The van der Waals surface area contributed by atoms with E-state index in [0.29, 0.717) is 6.04 Å². The van der Waals surface area contributed by atoms with E-state index in [1.165, 1.54) is 12.1 Å². The summed E-state index contributed by atoms with van der Waals surface area (Å²) in [7, 11) is 0. The first-order valence-electron chi connectivity index (χ1n) is 5.85. The predicted molar refractivity (Wildman–Crippen MR) is 61.8 cm³/mol. The Morgan fingerprint density at radius 3 is 2.50 bits per heavy atom. The quantitative estimate of drug-likeness (QED) is 0.850. The number of hydrogen-bond acceptors (Lipinski definition) is 2. The molecule has 0 unspecified atom stereocenters. The highest BCUT2D eigenvalue weighted by molar-refractivity contribution is 5.19. The van der Waals surface area contributed by atoms with Crippen molar-refractivity contribution in [2.45, 2.75) is 31.8 Å². The van der Waals surface area contributed by atoms with Crippen LogP contribution in [0.1, 0.15) is 31.4 Å². The Morgan fingerprint density at radius 2 is 1.88 bits per heavy atom. The molecule has 0 saturated carbocycles. The van der Waals surface area contributed by atoms with Gasteiger partial charge in [0.25, 0.3) is 0 Å². The van der Waals surface area contributed by atoms with Gasteiger partial charge in [0.2, 0.25) is 0 Å². The standard InChI is InChI=1S/C13H18FNO/c1-10(11-2-4-12(14)5-3-11)15-13-6-8-16-9-7-13/h2-5,10,13,15H,6-9H2,1H3/t10-/m1/s1. The highest BCUT2D eigenvalue weighted by Gasteiger charge is 2.16. The Labute approximate surface area is 95.8 Å². The molecule has 16 heavy (non-hydrogen) atoms. The summed E-state index contributed by atoms with van der Waals surface area (Å²) in [4.78, 5) is 0. The van der Waals surface area contributed by atoms with Crippen LogP contribution in [0.3, 0.4) is 0 Å². The van der Waals surface area contributed by atoms with Gasteiger partial charge in [0, 0.05) is 25.3 Å². The Morgan fingerprint density at radius 1 is 1.25 bits per heavy atom. The van der Waals surface area contributed by atoms with Crippen LogP contribution >= 0.6 is 0 Å². The van der Waals surface area contributed by atoms with Crippen molar-refractivity contribution in [1.82, 2.24) is 5.32 Å². The molecule has 0 radical (unpaired) electrons. The van der Waals surface area contributed by atoms with Crippen LogP contribution in [0.2, 0.25) is 0 Å². The van der Waals surface area contributed by atoms with Crippen LogP contribution in [0.4, 0.5) is 4.39 Å². The molecule has 1 heterocycles. The molecule has 2 rings (SSSR count). The lowest BCUT2D eigenvalue weighted by Crippen LogP contribution is -2.36. The highest BCUT2D eigenvalue weighted by atomic mass is 19.1. The Balaban J connectivity index is 1.91. The van der Waals surface area contributed by atoms with Crippen molar-refractivity contribution in [2.24, 2.45) is 0 Å². The van der Waals surface area contributed by atoms with Gasteiger partial charge in [0.1, 0.15) is 5.82 Å². The maximum absolute atomic E-state index is 12.8. The molecule has 0 amide bonds. The van der Waals surface area contributed by atoms with E-state index >= 15 is 0 Å². The van der Waals surface area contributed by atoms with Crippen LogP contribution < -0.4 is 5.32 Å². The molecule has 1 N–H and O–H groups in total. The molecular formula is C13H18FNO. The number of ether oxygens (including phenoxy) is 1. The molecule has 88 valence electrons. The molecule has 3 heteroatoms. The first kappa shape index (κ1) is 11.6. The second-order valence-electron chi connectivity index (χ2n) is 4.33. The van der Waals surface area contributed by atoms with Crippen LogP contribution in [-0.2, 0) is 4.74 Å². The van der Waals surface area contributed by atoms with Gasteiger partial charge in [-0.1, -0.05) is 12.1 Å². The normalized spacial score (nSPS) is 19.6. The lowest BCUT2D eigenvalue weighted by molar-refractivity contribution is 0.0754. The first-order valence-corrected chi connectivity index (χ1v) is 5.85. The molecule has 0 aliphatic carbocycles. The number of hydrogen-bond donors (Lipinski definition) is 1. The molecular weight excluding hydrogens is 205 g/mol. The van der Waals surface area contributed by atoms with E-state index in [2.05, 4.69) is 12.2 Å². The molecule has 1 atom stereocenters. The first-order chi connectivity index (χ1) is 7.75. The van der Waals surface area contributed by atoms with E-state index in [-0.39, 0.29) is 11.9 Å². The topological polar surface area (TPSA) is 21.3 Å². The molecule has 1 saturated heterocycles. The van der Waals surface area contributed by atoms with E-state index in [1.807, 2.05) is 12.1 Å². The summed E-state index contributed by atoms with van der Waals surface area (Å²) in [6.07, 6.45) is 2.12. The van der Waals surface area contributed by atoms with Gasteiger partial charge in [-0.15, -0.1) is 0 Å². The summed E-state index contributed by atoms with van der Waals surface area (Å²) in [5.74, 6) is -0.179. The average molecular weight is 223 g/mol. The maximum atomic E-state index is 12.8.